The lowest BCUT2D eigenvalue weighted by molar-refractivity contribution is -0.141. The van der Waals surface area contributed by atoms with Crippen LogP contribution in [0.3, 0.4) is 0 Å². The van der Waals surface area contributed by atoms with Crippen molar-refractivity contribution in [2.75, 3.05) is 0 Å². The zero-order chi connectivity index (χ0) is 11.1. The number of H-pyrrole nitrogens is 1. The molecule has 2 amide bonds. The van der Waals surface area contributed by atoms with Crippen molar-refractivity contribution in [1.29, 1.82) is 0 Å². The summed E-state index contributed by atoms with van der Waals surface area (Å²) in [5.74, 6) is -0.221. The highest BCUT2D eigenvalue weighted by Gasteiger charge is 2.44. The van der Waals surface area contributed by atoms with E-state index in [1.165, 1.54) is 4.90 Å². The van der Waals surface area contributed by atoms with E-state index in [4.69, 9.17) is 0 Å². The van der Waals surface area contributed by atoms with Crippen molar-refractivity contribution in [2.45, 2.75) is 26.8 Å². The van der Waals surface area contributed by atoms with Gasteiger partial charge >= 0.3 is 0 Å². The Hall–Kier alpha value is -1.65. The van der Waals surface area contributed by atoms with E-state index in [9.17, 15) is 9.59 Å². The van der Waals surface area contributed by atoms with Crippen molar-refractivity contribution in [3.05, 3.63) is 18.0 Å². The Balaban J connectivity index is 2.17. The summed E-state index contributed by atoms with van der Waals surface area (Å²) >= 11 is 0. The number of nitrogens with zero attached hydrogens (tertiary/aromatic N) is 2. The van der Waals surface area contributed by atoms with Crippen molar-refractivity contribution < 1.29 is 9.59 Å². The molecule has 1 aromatic heterocycles. The van der Waals surface area contributed by atoms with Gasteiger partial charge in [0.05, 0.1) is 17.7 Å². The number of carbonyl (C=O) groups is 2. The third-order valence-corrected chi connectivity index (χ3v) is 2.61. The molecule has 5 nitrogen and oxygen atoms in total. The number of amides is 2. The number of aromatic amines is 1. The highest BCUT2D eigenvalue weighted by Crippen LogP contribution is 2.32. The number of hydrogen-bond donors (Lipinski definition) is 1. The maximum atomic E-state index is 11.8. The van der Waals surface area contributed by atoms with E-state index >= 15 is 0 Å². The summed E-state index contributed by atoms with van der Waals surface area (Å²) < 4.78 is 0. The average Bonchev–Trinajstić information content (AvgIpc) is 2.69. The zero-order valence-corrected chi connectivity index (χ0v) is 8.78. The Bertz CT molecular complexity index is 395. The summed E-state index contributed by atoms with van der Waals surface area (Å²) in [5.41, 5.74) is 0.214. The van der Waals surface area contributed by atoms with Crippen LogP contribution in [-0.4, -0.2) is 26.9 Å². The molecule has 1 saturated heterocycles. The minimum Gasteiger partial charge on any atom is -0.281 e. The smallest absolute Gasteiger partial charge is 0.235 e. The molecule has 0 spiro atoms. The van der Waals surface area contributed by atoms with Gasteiger partial charge in [-0.1, -0.05) is 13.8 Å². The van der Waals surface area contributed by atoms with Crippen molar-refractivity contribution in [1.82, 2.24) is 15.1 Å². The lowest BCUT2D eigenvalue weighted by Crippen LogP contribution is -2.32. The Labute approximate surface area is 87.5 Å². The first-order chi connectivity index (χ1) is 7.00. The number of carbonyl (C=O) groups excluding carboxylic acids is 2. The molecule has 1 aliphatic heterocycles. The highest BCUT2D eigenvalue weighted by molar-refractivity contribution is 6.05. The molecular formula is C10H13N3O2. The van der Waals surface area contributed by atoms with Gasteiger partial charge in [-0.3, -0.25) is 19.6 Å². The molecule has 1 aromatic rings. The Morgan fingerprint density at radius 1 is 1.53 bits per heavy atom. The fraction of sp³-hybridized carbons (Fsp3) is 0.500. The molecule has 5 heteroatoms. The van der Waals surface area contributed by atoms with E-state index in [0.717, 1.165) is 5.69 Å². The van der Waals surface area contributed by atoms with Crippen LogP contribution in [0.2, 0.25) is 0 Å². The molecule has 80 valence electrons. The van der Waals surface area contributed by atoms with Crippen LogP contribution >= 0.6 is 0 Å². The van der Waals surface area contributed by atoms with Gasteiger partial charge in [0.15, 0.2) is 0 Å². The summed E-state index contributed by atoms with van der Waals surface area (Å²) in [6, 6.07) is 1.76. The first-order valence-corrected chi connectivity index (χ1v) is 4.84. The first-order valence-electron chi connectivity index (χ1n) is 4.84. The first kappa shape index (κ1) is 9.89. The molecule has 0 radical (unpaired) electrons. The van der Waals surface area contributed by atoms with Gasteiger partial charge in [-0.25, -0.2) is 0 Å². The fourth-order valence-corrected chi connectivity index (χ4v) is 1.73. The van der Waals surface area contributed by atoms with Crippen LogP contribution in [0.1, 0.15) is 26.0 Å². The van der Waals surface area contributed by atoms with E-state index < -0.39 is 5.41 Å². The van der Waals surface area contributed by atoms with E-state index in [2.05, 4.69) is 10.2 Å². The van der Waals surface area contributed by atoms with Gasteiger partial charge < -0.3 is 0 Å². The summed E-state index contributed by atoms with van der Waals surface area (Å²) in [4.78, 5) is 24.7. The molecular weight excluding hydrogens is 194 g/mol. The van der Waals surface area contributed by atoms with Gasteiger partial charge in [0.2, 0.25) is 11.8 Å². The second-order valence-electron chi connectivity index (χ2n) is 4.43. The summed E-state index contributed by atoms with van der Waals surface area (Å²) in [7, 11) is 0. The molecule has 0 saturated carbocycles. The van der Waals surface area contributed by atoms with Crippen LogP contribution in [0.5, 0.6) is 0 Å². The second kappa shape index (κ2) is 3.18. The topological polar surface area (TPSA) is 66.1 Å². The van der Waals surface area contributed by atoms with Crippen molar-refractivity contribution >= 4 is 11.8 Å². The number of likely N-dealkylation sites (tertiary alicyclic amines) is 1. The predicted octanol–water partition coefficient (Wildman–Crippen LogP) is 0.695. The van der Waals surface area contributed by atoms with Gasteiger partial charge in [-0.05, 0) is 6.07 Å². The van der Waals surface area contributed by atoms with E-state index in [0.29, 0.717) is 13.0 Å². The van der Waals surface area contributed by atoms with Gasteiger partial charge in [0, 0.05) is 12.6 Å². The normalized spacial score (nSPS) is 20.0. The molecule has 0 unspecified atom stereocenters. The van der Waals surface area contributed by atoms with E-state index in [-0.39, 0.29) is 11.8 Å². The molecule has 2 rings (SSSR count). The number of rotatable bonds is 2. The minimum absolute atomic E-state index is 0.109. The minimum atomic E-state index is -0.558. The van der Waals surface area contributed by atoms with Crippen LogP contribution in [0.25, 0.3) is 0 Å². The van der Waals surface area contributed by atoms with Crippen LogP contribution in [0.15, 0.2) is 12.3 Å². The van der Waals surface area contributed by atoms with Gasteiger partial charge in [-0.15, -0.1) is 0 Å². The largest absolute Gasteiger partial charge is 0.281 e. The van der Waals surface area contributed by atoms with Crippen molar-refractivity contribution in [2.24, 2.45) is 5.41 Å². The number of nitrogens with one attached hydrogen (secondary N) is 1. The van der Waals surface area contributed by atoms with E-state index in [1.54, 1.807) is 26.1 Å². The zero-order valence-electron chi connectivity index (χ0n) is 8.78. The van der Waals surface area contributed by atoms with E-state index in [1.807, 2.05) is 0 Å². The van der Waals surface area contributed by atoms with Crippen molar-refractivity contribution in [3.8, 4) is 0 Å². The molecule has 0 bridgehead atoms. The molecule has 2 heterocycles. The number of imide groups is 1. The summed E-state index contributed by atoms with van der Waals surface area (Å²) in [6.45, 7) is 3.88. The molecule has 0 aromatic carbocycles. The van der Waals surface area contributed by atoms with Crippen LogP contribution in [0, 0.1) is 5.41 Å². The monoisotopic (exact) mass is 207 g/mol. The van der Waals surface area contributed by atoms with Crippen LogP contribution in [-0.2, 0) is 16.1 Å². The lowest BCUT2D eigenvalue weighted by Gasteiger charge is -2.16. The fourth-order valence-electron chi connectivity index (χ4n) is 1.73. The maximum absolute atomic E-state index is 11.8. The highest BCUT2D eigenvalue weighted by atomic mass is 16.2. The van der Waals surface area contributed by atoms with Gasteiger partial charge in [-0.2, -0.15) is 5.10 Å². The van der Waals surface area contributed by atoms with Crippen molar-refractivity contribution in [3.63, 3.8) is 0 Å². The molecule has 1 fully saturated rings. The molecule has 1 aliphatic rings. The van der Waals surface area contributed by atoms with Crippen LogP contribution in [0.4, 0.5) is 0 Å². The summed E-state index contributed by atoms with van der Waals surface area (Å²) in [5, 5.41) is 6.51. The second-order valence-corrected chi connectivity index (χ2v) is 4.43. The Morgan fingerprint density at radius 2 is 2.27 bits per heavy atom. The lowest BCUT2D eigenvalue weighted by atomic mass is 9.92. The number of aromatic nitrogens is 2. The number of hydrogen-bond acceptors (Lipinski definition) is 3. The quantitative estimate of drug-likeness (QED) is 0.726. The third-order valence-electron chi connectivity index (χ3n) is 2.61. The molecule has 15 heavy (non-hydrogen) atoms. The molecule has 0 atom stereocenters. The molecule has 0 aliphatic carbocycles. The molecule has 1 N–H and O–H groups in total. The summed E-state index contributed by atoms with van der Waals surface area (Å²) in [6.07, 6.45) is 1.89. The Morgan fingerprint density at radius 3 is 2.73 bits per heavy atom. The SMILES string of the molecule is CC1(C)CC(=O)N(Cc2ccn[nH]2)C1=O. The standard InChI is InChI=1S/C10H13N3O2/c1-10(2)5-8(14)13(9(10)15)6-7-3-4-11-12-7/h3-4H,5-6H2,1-2H3,(H,11,12). The van der Waals surface area contributed by atoms with Gasteiger partial charge in [0.25, 0.3) is 0 Å². The predicted molar refractivity (Wildman–Crippen MR) is 52.5 cm³/mol. The van der Waals surface area contributed by atoms with Gasteiger partial charge in [0.1, 0.15) is 0 Å². The average molecular weight is 207 g/mol. The Kier molecular flexibility index (Phi) is 2.10. The maximum Gasteiger partial charge on any atom is 0.235 e. The third kappa shape index (κ3) is 1.65. The van der Waals surface area contributed by atoms with Crippen LogP contribution < -0.4 is 0 Å².